The summed E-state index contributed by atoms with van der Waals surface area (Å²) in [6, 6.07) is 7.43. The maximum absolute atomic E-state index is 11.0. The molecule has 0 bridgehead atoms. The van der Waals surface area contributed by atoms with Crippen molar-refractivity contribution in [1.29, 1.82) is 0 Å². The maximum Gasteiger partial charge on any atom is 0.307 e. The van der Waals surface area contributed by atoms with Gasteiger partial charge >= 0.3 is 5.97 Å². The number of benzene rings is 1. The molecule has 0 aliphatic carbocycles. The van der Waals surface area contributed by atoms with Crippen LogP contribution < -0.4 is 0 Å². The van der Waals surface area contributed by atoms with Crippen molar-refractivity contribution in [2.45, 2.75) is 19.4 Å². The molecule has 6 heteroatoms. The molecule has 0 fully saturated rings. The first-order valence-electron chi connectivity index (χ1n) is 6.06. The Morgan fingerprint density at radius 2 is 2.26 bits per heavy atom. The summed E-state index contributed by atoms with van der Waals surface area (Å²) in [6.07, 6.45) is 1.04. The van der Waals surface area contributed by atoms with Gasteiger partial charge in [-0.1, -0.05) is 23.7 Å². The number of nitrogens with zero attached hydrogens (tertiary/aromatic N) is 3. The van der Waals surface area contributed by atoms with Crippen molar-refractivity contribution in [3.05, 3.63) is 35.1 Å². The number of hydrogen-bond donors (Lipinski definition) is 1. The fourth-order valence-corrected chi connectivity index (χ4v) is 2.57. The average Bonchev–Trinajstić information content (AvgIpc) is 2.81. The molecule has 0 saturated heterocycles. The number of aromatic nitrogens is 3. The van der Waals surface area contributed by atoms with E-state index < -0.39 is 5.97 Å². The summed E-state index contributed by atoms with van der Waals surface area (Å²) >= 11 is 5.97. The quantitative estimate of drug-likeness (QED) is 0.914. The van der Waals surface area contributed by atoms with Crippen LogP contribution in [0.3, 0.4) is 0 Å². The monoisotopic (exact) mass is 277 g/mol. The molecular formula is C13H12ClN3O2. The average molecular weight is 278 g/mol. The van der Waals surface area contributed by atoms with E-state index in [1.807, 2.05) is 22.8 Å². The normalized spacial score (nSPS) is 18.1. The summed E-state index contributed by atoms with van der Waals surface area (Å²) in [4.78, 5) is 11.0. The van der Waals surface area contributed by atoms with Crippen molar-refractivity contribution in [2.24, 2.45) is 5.92 Å². The Balaban J connectivity index is 1.97. The SMILES string of the molecule is O=C(O)C1CCn2c(nnc2-c2cccc(Cl)c2)C1. The van der Waals surface area contributed by atoms with Gasteiger partial charge < -0.3 is 9.67 Å². The highest BCUT2D eigenvalue weighted by Crippen LogP contribution is 2.27. The number of carbonyl (C=O) groups is 1. The third-order valence-corrected chi connectivity index (χ3v) is 3.62. The minimum atomic E-state index is -0.765. The van der Waals surface area contributed by atoms with E-state index in [0.717, 1.165) is 17.2 Å². The number of hydrogen-bond acceptors (Lipinski definition) is 3. The van der Waals surface area contributed by atoms with Gasteiger partial charge in [-0.25, -0.2) is 0 Å². The summed E-state index contributed by atoms with van der Waals surface area (Å²) in [5.74, 6) is 0.359. The summed E-state index contributed by atoms with van der Waals surface area (Å²) in [6.45, 7) is 0.626. The summed E-state index contributed by atoms with van der Waals surface area (Å²) < 4.78 is 1.98. The van der Waals surface area contributed by atoms with Crippen LogP contribution in [0.5, 0.6) is 0 Å². The fourth-order valence-electron chi connectivity index (χ4n) is 2.38. The Morgan fingerprint density at radius 1 is 1.42 bits per heavy atom. The van der Waals surface area contributed by atoms with Crippen LogP contribution in [-0.4, -0.2) is 25.8 Å². The number of aliphatic carboxylic acids is 1. The van der Waals surface area contributed by atoms with E-state index in [4.69, 9.17) is 16.7 Å². The molecule has 0 saturated carbocycles. The van der Waals surface area contributed by atoms with Crippen LogP contribution in [0, 0.1) is 5.92 Å². The van der Waals surface area contributed by atoms with Crippen molar-refractivity contribution < 1.29 is 9.90 Å². The third-order valence-electron chi connectivity index (χ3n) is 3.39. The van der Waals surface area contributed by atoms with Crippen molar-refractivity contribution in [3.63, 3.8) is 0 Å². The van der Waals surface area contributed by atoms with Gasteiger partial charge in [0.1, 0.15) is 5.82 Å². The molecule has 19 heavy (non-hydrogen) atoms. The van der Waals surface area contributed by atoms with Crippen LogP contribution in [0.25, 0.3) is 11.4 Å². The Labute approximate surface area is 114 Å². The van der Waals surface area contributed by atoms with E-state index in [1.165, 1.54) is 0 Å². The lowest BCUT2D eigenvalue weighted by molar-refractivity contribution is -0.142. The minimum absolute atomic E-state index is 0.357. The van der Waals surface area contributed by atoms with Crippen LogP contribution in [0.1, 0.15) is 12.2 Å². The smallest absolute Gasteiger partial charge is 0.307 e. The van der Waals surface area contributed by atoms with E-state index in [-0.39, 0.29) is 5.92 Å². The fraction of sp³-hybridized carbons (Fsp3) is 0.308. The van der Waals surface area contributed by atoms with Crippen LogP contribution in [0.15, 0.2) is 24.3 Å². The first-order valence-corrected chi connectivity index (χ1v) is 6.44. The van der Waals surface area contributed by atoms with Gasteiger partial charge in [-0.3, -0.25) is 4.79 Å². The van der Waals surface area contributed by atoms with Gasteiger partial charge in [0.05, 0.1) is 5.92 Å². The molecule has 1 aromatic carbocycles. The predicted molar refractivity (Wildman–Crippen MR) is 69.9 cm³/mol. The zero-order valence-electron chi connectivity index (χ0n) is 10.1. The second-order valence-electron chi connectivity index (χ2n) is 4.63. The number of rotatable bonds is 2. The summed E-state index contributed by atoms with van der Waals surface area (Å²) in [5.41, 5.74) is 0.903. The molecule has 98 valence electrons. The van der Waals surface area contributed by atoms with Crippen molar-refractivity contribution in [2.75, 3.05) is 0 Å². The number of fused-ring (bicyclic) bond motifs is 1. The molecule has 0 amide bonds. The molecule has 1 aromatic heterocycles. The van der Waals surface area contributed by atoms with Crippen molar-refractivity contribution >= 4 is 17.6 Å². The molecule has 1 unspecified atom stereocenters. The maximum atomic E-state index is 11.0. The van der Waals surface area contributed by atoms with Crippen molar-refractivity contribution in [1.82, 2.24) is 14.8 Å². The topological polar surface area (TPSA) is 68.0 Å². The van der Waals surface area contributed by atoms with E-state index in [0.29, 0.717) is 24.4 Å². The minimum Gasteiger partial charge on any atom is -0.481 e. The predicted octanol–water partition coefficient (Wildman–Crippen LogP) is 2.25. The first-order chi connectivity index (χ1) is 9.15. The Hall–Kier alpha value is -1.88. The highest BCUT2D eigenvalue weighted by Gasteiger charge is 2.27. The largest absolute Gasteiger partial charge is 0.481 e. The number of carboxylic acids is 1. The van der Waals surface area contributed by atoms with Crippen LogP contribution in [-0.2, 0) is 17.8 Å². The molecule has 1 N–H and O–H groups in total. The van der Waals surface area contributed by atoms with Gasteiger partial charge in [0.15, 0.2) is 5.82 Å². The van der Waals surface area contributed by atoms with E-state index in [2.05, 4.69) is 10.2 Å². The Morgan fingerprint density at radius 3 is 3.00 bits per heavy atom. The molecular weight excluding hydrogens is 266 g/mol. The number of carboxylic acid groups (broad SMARTS) is 1. The van der Waals surface area contributed by atoms with Gasteiger partial charge in [-0.05, 0) is 18.6 Å². The molecule has 1 atom stereocenters. The van der Waals surface area contributed by atoms with Gasteiger partial charge in [-0.2, -0.15) is 0 Å². The van der Waals surface area contributed by atoms with Crippen molar-refractivity contribution in [3.8, 4) is 11.4 Å². The molecule has 0 spiro atoms. The highest BCUT2D eigenvalue weighted by atomic mass is 35.5. The highest BCUT2D eigenvalue weighted by molar-refractivity contribution is 6.30. The number of halogens is 1. The van der Waals surface area contributed by atoms with E-state index in [1.54, 1.807) is 6.07 Å². The van der Waals surface area contributed by atoms with E-state index in [9.17, 15) is 4.79 Å². The second-order valence-corrected chi connectivity index (χ2v) is 5.07. The summed E-state index contributed by atoms with van der Waals surface area (Å²) in [5, 5.41) is 18.0. The molecule has 3 rings (SSSR count). The standard InChI is InChI=1S/C13H12ClN3O2/c14-10-3-1-2-8(6-10)12-16-15-11-7-9(13(18)19)4-5-17(11)12/h1-3,6,9H,4-5,7H2,(H,18,19). The van der Waals surface area contributed by atoms with Crippen LogP contribution >= 0.6 is 11.6 Å². The molecule has 5 nitrogen and oxygen atoms in total. The molecule has 1 aliphatic rings. The van der Waals surface area contributed by atoms with Crippen LogP contribution in [0.2, 0.25) is 5.02 Å². The zero-order chi connectivity index (χ0) is 13.4. The van der Waals surface area contributed by atoms with Crippen LogP contribution in [0.4, 0.5) is 0 Å². The third kappa shape index (κ3) is 2.21. The van der Waals surface area contributed by atoms with Gasteiger partial charge in [0.2, 0.25) is 0 Å². The first kappa shape index (κ1) is 12.2. The van der Waals surface area contributed by atoms with Gasteiger partial charge in [0.25, 0.3) is 0 Å². The Kier molecular flexibility index (Phi) is 2.98. The Bertz CT molecular complexity index is 639. The second kappa shape index (κ2) is 4.66. The molecule has 2 heterocycles. The molecule has 2 aromatic rings. The van der Waals surface area contributed by atoms with Gasteiger partial charge in [-0.15, -0.1) is 10.2 Å². The zero-order valence-corrected chi connectivity index (χ0v) is 10.8. The lowest BCUT2D eigenvalue weighted by Gasteiger charge is -2.20. The van der Waals surface area contributed by atoms with Gasteiger partial charge in [0, 0.05) is 23.6 Å². The lowest BCUT2D eigenvalue weighted by atomic mass is 9.98. The summed E-state index contributed by atoms with van der Waals surface area (Å²) in [7, 11) is 0. The molecule has 0 radical (unpaired) electrons. The molecule has 1 aliphatic heterocycles. The lowest BCUT2D eigenvalue weighted by Crippen LogP contribution is -2.26. The van der Waals surface area contributed by atoms with E-state index >= 15 is 0 Å².